The normalized spacial score (nSPS) is 10.2. The molecule has 0 spiro atoms. The molecule has 0 radical (unpaired) electrons. The van der Waals surface area contributed by atoms with E-state index in [-0.39, 0.29) is 0 Å². The van der Waals surface area contributed by atoms with E-state index in [2.05, 4.69) is 36.5 Å². The average Bonchev–Trinajstić information content (AvgIpc) is 2.48. The lowest BCUT2D eigenvalue weighted by molar-refractivity contribution is 0.508. The maximum Gasteiger partial charge on any atom is 0.173 e. The Hall–Kier alpha value is -1.58. The third kappa shape index (κ3) is 4.73. The van der Waals surface area contributed by atoms with Crippen LogP contribution >= 0.6 is 23.8 Å². The summed E-state index contributed by atoms with van der Waals surface area (Å²) in [4.78, 5) is 1.99. The summed E-state index contributed by atoms with van der Waals surface area (Å²) < 4.78 is 0. The lowest BCUT2D eigenvalue weighted by Gasteiger charge is -2.21. The van der Waals surface area contributed by atoms with Crippen LogP contribution in [-0.4, -0.2) is 17.1 Å². The van der Waals surface area contributed by atoms with Crippen LogP contribution in [0.2, 0.25) is 5.02 Å². The molecule has 0 atom stereocenters. The first-order chi connectivity index (χ1) is 10.1. The van der Waals surface area contributed by atoms with Crippen LogP contribution in [0, 0.1) is 0 Å². The van der Waals surface area contributed by atoms with Crippen molar-refractivity contribution in [3.63, 3.8) is 0 Å². The zero-order valence-corrected chi connectivity index (χ0v) is 13.8. The van der Waals surface area contributed by atoms with Gasteiger partial charge in [0.05, 0.1) is 0 Å². The predicted octanol–water partition coefficient (Wildman–Crippen LogP) is 4.73. The van der Waals surface area contributed by atoms with Gasteiger partial charge in [-0.2, -0.15) is 0 Å². The Morgan fingerprint density at radius 2 is 1.86 bits per heavy atom. The Labute approximate surface area is 136 Å². The van der Waals surface area contributed by atoms with Crippen molar-refractivity contribution in [3.8, 4) is 0 Å². The summed E-state index contributed by atoms with van der Waals surface area (Å²) >= 11 is 11.4. The summed E-state index contributed by atoms with van der Waals surface area (Å²) in [7, 11) is 1.97. The highest BCUT2D eigenvalue weighted by atomic mass is 35.5. The molecule has 2 rings (SSSR count). The molecule has 0 amide bonds. The zero-order chi connectivity index (χ0) is 15.2. The number of halogens is 1. The minimum Gasteiger partial charge on any atom is -0.348 e. The second-order valence-electron chi connectivity index (χ2n) is 4.97. The molecule has 1 N–H and O–H groups in total. The van der Waals surface area contributed by atoms with Gasteiger partial charge in [-0.05, 0) is 54.0 Å². The zero-order valence-electron chi connectivity index (χ0n) is 12.3. The molecular formula is C17H19ClN2S. The maximum absolute atomic E-state index is 6.00. The van der Waals surface area contributed by atoms with E-state index in [0.717, 1.165) is 29.2 Å². The molecule has 2 nitrogen and oxygen atoms in total. The Morgan fingerprint density at radius 1 is 1.14 bits per heavy atom. The maximum atomic E-state index is 6.00. The van der Waals surface area contributed by atoms with E-state index in [0.29, 0.717) is 5.11 Å². The van der Waals surface area contributed by atoms with Gasteiger partial charge in [0.15, 0.2) is 5.11 Å². The molecule has 110 valence electrons. The lowest BCUT2D eigenvalue weighted by Crippen LogP contribution is -2.30. The first kappa shape index (κ1) is 15.8. The van der Waals surface area contributed by atoms with Crippen molar-refractivity contribution in [2.75, 3.05) is 12.4 Å². The molecule has 0 aromatic heterocycles. The van der Waals surface area contributed by atoms with Crippen LogP contribution in [0.15, 0.2) is 48.5 Å². The highest BCUT2D eigenvalue weighted by Gasteiger charge is 2.06. The van der Waals surface area contributed by atoms with Crippen LogP contribution < -0.4 is 5.32 Å². The average molecular weight is 319 g/mol. The van der Waals surface area contributed by atoms with E-state index in [1.807, 2.05) is 36.2 Å². The molecule has 2 aromatic rings. The summed E-state index contributed by atoms with van der Waals surface area (Å²) in [6, 6.07) is 16.2. The van der Waals surface area contributed by atoms with Gasteiger partial charge in [-0.15, -0.1) is 0 Å². The van der Waals surface area contributed by atoms with Gasteiger partial charge in [0.25, 0.3) is 0 Å². The number of hydrogen-bond acceptors (Lipinski definition) is 1. The quantitative estimate of drug-likeness (QED) is 0.820. The minimum atomic E-state index is 0.694. The molecule has 0 saturated heterocycles. The standard InChI is InChI=1S/C17H19ClN2S/c1-3-13-7-9-16(10-8-13)19-17(21)20(2)12-14-5-4-6-15(18)11-14/h4-11H,3,12H2,1-2H3,(H,19,21). The molecule has 2 aromatic carbocycles. The topological polar surface area (TPSA) is 15.3 Å². The number of benzene rings is 2. The van der Waals surface area contributed by atoms with Crippen molar-refractivity contribution in [1.82, 2.24) is 4.90 Å². The van der Waals surface area contributed by atoms with E-state index >= 15 is 0 Å². The molecule has 0 unspecified atom stereocenters. The summed E-state index contributed by atoms with van der Waals surface area (Å²) in [5, 5.41) is 4.69. The molecule has 0 fully saturated rings. The molecule has 21 heavy (non-hydrogen) atoms. The Kier molecular flexibility index (Phi) is 5.59. The van der Waals surface area contributed by atoms with Crippen LogP contribution in [0.5, 0.6) is 0 Å². The highest BCUT2D eigenvalue weighted by molar-refractivity contribution is 7.80. The number of thiocarbonyl (C=S) groups is 1. The van der Waals surface area contributed by atoms with Gasteiger partial charge in [-0.1, -0.05) is 42.8 Å². The monoisotopic (exact) mass is 318 g/mol. The molecule has 0 saturated carbocycles. The van der Waals surface area contributed by atoms with Crippen LogP contribution in [0.25, 0.3) is 0 Å². The van der Waals surface area contributed by atoms with Crippen LogP contribution in [0.1, 0.15) is 18.1 Å². The molecule has 0 aliphatic carbocycles. The SMILES string of the molecule is CCc1ccc(NC(=S)N(C)Cc2cccc(Cl)c2)cc1. The molecule has 0 bridgehead atoms. The fraction of sp³-hybridized carbons (Fsp3) is 0.235. The first-order valence-corrected chi connectivity index (χ1v) is 7.72. The molecule has 0 aliphatic heterocycles. The smallest absolute Gasteiger partial charge is 0.173 e. The van der Waals surface area contributed by atoms with Gasteiger partial charge in [-0.25, -0.2) is 0 Å². The van der Waals surface area contributed by atoms with Gasteiger partial charge in [-0.3, -0.25) is 0 Å². The summed E-state index contributed by atoms with van der Waals surface area (Å²) in [6.07, 6.45) is 1.04. The van der Waals surface area contributed by atoms with Gasteiger partial charge in [0.1, 0.15) is 0 Å². The van der Waals surface area contributed by atoms with E-state index in [1.54, 1.807) is 0 Å². The van der Waals surface area contributed by atoms with Gasteiger partial charge < -0.3 is 10.2 Å². The van der Waals surface area contributed by atoms with E-state index in [9.17, 15) is 0 Å². The molecular weight excluding hydrogens is 300 g/mol. The number of nitrogens with zero attached hydrogens (tertiary/aromatic N) is 1. The lowest BCUT2D eigenvalue weighted by atomic mass is 10.1. The van der Waals surface area contributed by atoms with Crippen molar-refractivity contribution in [2.45, 2.75) is 19.9 Å². The Balaban J connectivity index is 1.95. The summed E-state index contributed by atoms with van der Waals surface area (Å²) in [5.74, 6) is 0. The molecule has 0 aliphatic rings. The van der Waals surface area contributed by atoms with Crippen LogP contribution in [0.4, 0.5) is 5.69 Å². The fourth-order valence-electron chi connectivity index (χ4n) is 2.02. The van der Waals surface area contributed by atoms with Crippen LogP contribution in [0.3, 0.4) is 0 Å². The summed E-state index contributed by atoms with van der Waals surface area (Å²) in [5.41, 5.74) is 3.46. The Morgan fingerprint density at radius 3 is 2.48 bits per heavy atom. The van der Waals surface area contributed by atoms with Crippen molar-refractivity contribution in [1.29, 1.82) is 0 Å². The van der Waals surface area contributed by atoms with Crippen molar-refractivity contribution in [3.05, 3.63) is 64.7 Å². The van der Waals surface area contributed by atoms with Crippen molar-refractivity contribution >= 4 is 34.6 Å². The highest BCUT2D eigenvalue weighted by Crippen LogP contribution is 2.14. The number of anilines is 1. The molecule has 0 heterocycles. The third-order valence-corrected chi connectivity index (χ3v) is 3.92. The molecule has 4 heteroatoms. The van der Waals surface area contributed by atoms with Gasteiger partial charge >= 0.3 is 0 Å². The summed E-state index contributed by atoms with van der Waals surface area (Å²) in [6.45, 7) is 2.87. The Bertz CT molecular complexity index is 610. The predicted molar refractivity (Wildman–Crippen MR) is 95.0 cm³/mol. The fourth-order valence-corrected chi connectivity index (χ4v) is 2.42. The number of rotatable bonds is 4. The van der Waals surface area contributed by atoms with E-state index in [4.69, 9.17) is 23.8 Å². The largest absolute Gasteiger partial charge is 0.348 e. The van der Waals surface area contributed by atoms with Crippen molar-refractivity contribution in [2.24, 2.45) is 0 Å². The number of nitrogens with one attached hydrogen (secondary N) is 1. The minimum absolute atomic E-state index is 0.694. The first-order valence-electron chi connectivity index (χ1n) is 6.94. The van der Waals surface area contributed by atoms with E-state index in [1.165, 1.54) is 5.56 Å². The number of aryl methyl sites for hydroxylation is 1. The number of hydrogen-bond donors (Lipinski definition) is 1. The van der Waals surface area contributed by atoms with Crippen LogP contribution in [-0.2, 0) is 13.0 Å². The van der Waals surface area contributed by atoms with Gasteiger partial charge in [0, 0.05) is 24.3 Å². The van der Waals surface area contributed by atoms with Crippen molar-refractivity contribution < 1.29 is 0 Å². The van der Waals surface area contributed by atoms with E-state index < -0.39 is 0 Å². The second-order valence-corrected chi connectivity index (χ2v) is 5.79. The van der Waals surface area contributed by atoms with Gasteiger partial charge in [0.2, 0.25) is 0 Å². The third-order valence-electron chi connectivity index (χ3n) is 3.27. The second kappa shape index (κ2) is 7.43.